The fourth-order valence-corrected chi connectivity index (χ4v) is 2.41. The largest absolute Gasteiger partial charge is 0.493 e. The molecule has 2 rings (SSSR count). The zero-order valence-corrected chi connectivity index (χ0v) is 15.6. The summed E-state index contributed by atoms with van der Waals surface area (Å²) >= 11 is 5.11. The molecule has 0 fully saturated rings. The topological polar surface area (TPSA) is 77.4 Å². The van der Waals surface area contributed by atoms with E-state index in [4.69, 9.17) is 21.7 Å². The molecular weight excluding hydrogens is 352 g/mol. The highest BCUT2D eigenvalue weighted by Crippen LogP contribution is 2.27. The first-order chi connectivity index (χ1) is 12.6. The number of thiocarbonyl (C=S) groups is 1. The predicted molar refractivity (Wildman–Crippen MR) is 104 cm³/mol. The van der Waals surface area contributed by atoms with E-state index in [1.807, 2.05) is 16.8 Å². The average Bonchev–Trinajstić information content (AvgIpc) is 3.16. The van der Waals surface area contributed by atoms with Gasteiger partial charge in [0.1, 0.15) is 0 Å². The van der Waals surface area contributed by atoms with Gasteiger partial charge in [-0.15, -0.1) is 0 Å². The molecule has 1 aromatic heterocycles. The molecule has 7 nitrogen and oxygen atoms in total. The molecule has 0 aliphatic heterocycles. The Hall–Kier alpha value is -2.87. The summed E-state index contributed by atoms with van der Waals surface area (Å²) in [7, 11) is 3.14. The normalized spacial score (nSPS) is 10.5. The van der Waals surface area contributed by atoms with Gasteiger partial charge in [0.05, 0.1) is 20.5 Å². The molecule has 0 atom stereocenters. The van der Waals surface area contributed by atoms with E-state index < -0.39 is 0 Å². The lowest BCUT2D eigenvalue weighted by atomic mass is 10.2. The lowest BCUT2D eigenvalue weighted by molar-refractivity contribution is -0.115. The molecule has 0 aliphatic carbocycles. The van der Waals surface area contributed by atoms with Crippen LogP contribution >= 0.6 is 12.2 Å². The third-order valence-corrected chi connectivity index (χ3v) is 3.76. The van der Waals surface area contributed by atoms with Crippen LogP contribution in [-0.2, 0) is 11.3 Å². The third kappa shape index (κ3) is 6.21. The van der Waals surface area contributed by atoms with Crippen LogP contribution in [0.1, 0.15) is 12.0 Å². The van der Waals surface area contributed by atoms with E-state index in [2.05, 4.69) is 15.6 Å². The number of carbonyl (C=O) groups is 1. The molecule has 0 spiro atoms. The van der Waals surface area contributed by atoms with Crippen molar-refractivity contribution in [2.75, 3.05) is 20.8 Å². The number of methoxy groups -OCH3 is 2. The van der Waals surface area contributed by atoms with E-state index in [1.165, 1.54) is 6.08 Å². The van der Waals surface area contributed by atoms with Crippen molar-refractivity contribution in [2.24, 2.45) is 0 Å². The molecule has 0 radical (unpaired) electrons. The summed E-state index contributed by atoms with van der Waals surface area (Å²) in [6.45, 7) is 1.50. The Morgan fingerprint density at radius 1 is 1.31 bits per heavy atom. The second-order valence-electron chi connectivity index (χ2n) is 5.35. The van der Waals surface area contributed by atoms with Gasteiger partial charge >= 0.3 is 0 Å². The van der Waals surface area contributed by atoms with Crippen molar-refractivity contribution in [1.82, 2.24) is 20.2 Å². The van der Waals surface area contributed by atoms with E-state index in [0.29, 0.717) is 23.2 Å². The lowest BCUT2D eigenvalue weighted by Gasteiger charge is -2.09. The number of hydrogen-bond acceptors (Lipinski definition) is 5. The number of rotatable bonds is 8. The van der Waals surface area contributed by atoms with E-state index >= 15 is 0 Å². The highest BCUT2D eigenvalue weighted by molar-refractivity contribution is 7.80. The number of nitrogens with zero attached hydrogens (tertiary/aromatic N) is 2. The molecule has 0 saturated carbocycles. The van der Waals surface area contributed by atoms with Gasteiger partial charge < -0.3 is 19.4 Å². The fourth-order valence-electron chi connectivity index (χ4n) is 2.21. The van der Waals surface area contributed by atoms with Gasteiger partial charge in [0.15, 0.2) is 16.6 Å². The van der Waals surface area contributed by atoms with E-state index in [0.717, 1.165) is 18.5 Å². The lowest BCUT2D eigenvalue weighted by Crippen LogP contribution is -2.38. The van der Waals surface area contributed by atoms with Crippen LogP contribution in [0.25, 0.3) is 6.08 Å². The van der Waals surface area contributed by atoms with Crippen LogP contribution in [0.2, 0.25) is 0 Å². The number of aryl methyl sites for hydroxylation is 1. The minimum Gasteiger partial charge on any atom is -0.493 e. The van der Waals surface area contributed by atoms with Gasteiger partial charge in [-0.05, 0) is 42.4 Å². The summed E-state index contributed by atoms with van der Waals surface area (Å²) < 4.78 is 12.4. The number of benzene rings is 1. The minimum absolute atomic E-state index is 0.299. The summed E-state index contributed by atoms with van der Waals surface area (Å²) in [5.74, 6) is 0.937. The van der Waals surface area contributed by atoms with Crippen LogP contribution in [0, 0.1) is 0 Å². The molecule has 2 aromatic rings. The molecule has 2 N–H and O–H groups in total. The van der Waals surface area contributed by atoms with Crippen LogP contribution < -0.4 is 20.1 Å². The summed E-state index contributed by atoms with van der Waals surface area (Å²) in [4.78, 5) is 15.9. The van der Waals surface area contributed by atoms with Crippen molar-refractivity contribution in [2.45, 2.75) is 13.0 Å². The van der Waals surface area contributed by atoms with Crippen LogP contribution in [0.5, 0.6) is 11.5 Å². The van der Waals surface area contributed by atoms with E-state index in [1.54, 1.807) is 45.0 Å². The van der Waals surface area contributed by atoms with Gasteiger partial charge in [-0.3, -0.25) is 10.1 Å². The van der Waals surface area contributed by atoms with Crippen molar-refractivity contribution >= 4 is 29.3 Å². The van der Waals surface area contributed by atoms with Gasteiger partial charge in [-0.2, -0.15) is 0 Å². The number of nitrogens with one attached hydrogen (secondary N) is 2. The van der Waals surface area contributed by atoms with Crippen molar-refractivity contribution in [3.05, 3.63) is 48.6 Å². The SMILES string of the molecule is COc1ccc(/C=C/C(=O)NC(=S)NCCCn2ccnc2)cc1OC. The number of aromatic nitrogens is 2. The number of imidazole rings is 1. The summed E-state index contributed by atoms with van der Waals surface area (Å²) in [5, 5.41) is 5.92. The van der Waals surface area contributed by atoms with E-state index in [-0.39, 0.29) is 5.91 Å². The first-order valence-electron chi connectivity index (χ1n) is 8.07. The Bertz CT molecular complexity index is 760. The Morgan fingerprint density at radius 2 is 2.12 bits per heavy atom. The van der Waals surface area contributed by atoms with Gasteiger partial charge in [-0.25, -0.2) is 4.98 Å². The first-order valence-corrected chi connectivity index (χ1v) is 8.48. The fraction of sp³-hybridized carbons (Fsp3) is 0.278. The number of carbonyl (C=O) groups excluding carboxylic acids is 1. The Labute approximate surface area is 158 Å². The molecular formula is C18H22N4O3S. The second-order valence-corrected chi connectivity index (χ2v) is 5.76. The molecule has 0 unspecified atom stereocenters. The summed E-state index contributed by atoms with van der Waals surface area (Å²) in [6, 6.07) is 5.40. The Balaban J connectivity index is 1.74. The maximum atomic E-state index is 11.9. The van der Waals surface area contributed by atoms with E-state index in [9.17, 15) is 4.79 Å². The predicted octanol–water partition coefficient (Wildman–Crippen LogP) is 1.99. The van der Waals surface area contributed by atoms with Crippen molar-refractivity contribution < 1.29 is 14.3 Å². The maximum Gasteiger partial charge on any atom is 0.250 e. The highest BCUT2D eigenvalue weighted by Gasteiger charge is 2.04. The van der Waals surface area contributed by atoms with Crippen molar-refractivity contribution in [3.8, 4) is 11.5 Å². The molecule has 1 aromatic carbocycles. The van der Waals surface area contributed by atoms with Crippen LogP contribution in [-0.4, -0.2) is 41.3 Å². The van der Waals surface area contributed by atoms with Crippen molar-refractivity contribution in [3.63, 3.8) is 0 Å². The summed E-state index contributed by atoms with van der Waals surface area (Å²) in [6.07, 6.45) is 9.37. The third-order valence-electron chi connectivity index (χ3n) is 3.51. The second kappa shape index (κ2) is 10.2. The van der Waals surface area contributed by atoms with Crippen LogP contribution in [0.15, 0.2) is 43.0 Å². The number of hydrogen-bond donors (Lipinski definition) is 2. The Morgan fingerprint density at radius 3 is 2.81 bits per heavy atom. The zero-order chi connectivity index (χ0) is 18.8. The van der Waals surface area contributed by atoms with Gasteiger partial charge in [-0.1, -0.05) is 6.07 Å². The molecule has 1 heterocycles. The maximum absolute atomic E-state index is 11.9. The van der Waals surface area contributed by atoms with Crippen molar-refractivity contribution in [1.29, 1.82) is 0 Å². The molecule has 0 saturated heterocycles. The van der Waals surface area contributed by atoms with Gasteiger partial charge in [0.2, 0.25) is 5.91 Å². The molecule has 0 aliphatic rings. The minimum atomic E-state index is -0.299. The van der Waals surface area contributed by atoms with Gasteiger partial charge in [0.25, 0.3) is 0 Å². The molecule has 138 valence electrons. The smallest absolute Gasteiger partial charge is 0.250 e. The Kier molecular flexibility index (Phi) is 7.63. The molecule has 0 bridgehead atoms. The van der Waals surface area contributed by atoms with Gasteiger partial charge in [0, 0.05) is 31.6 Å². The number of amides is 1. The highest BCUT2D eigenvalue weighted by atomic mass is 32.1. The average molecular weight is 374 g/mol. The first kappa shape index (κ1) is 19.5. The standard InChI is InChI=1S/C18H22N4O3S/c1-24-15-6-4-14(12-16(15)25-2)5-7-17(23)21-18(26)20-8-3-10-22-11-9-19-13-22/h4-7,9,11-13H,3,8,10H2,1-2H3,(H2,20,21,23,26)/b7-5+. The summed E-state index contributed by atoms with van der Waals surface area (Å²) in [5.41, 5.74) is 0.817. The van der Waals surface area contributed by atoms with Crippen LogP contribution in [0.3, 0.4) is 0 Å². The molecule has 1 amide bonds. The zero-order valence-electron chi connectivity index (χ0n) is 14.8. The molecule has 26 heavy (non-hydrogen) atoms. The molecule has 8 heteroatoms. The number of ether oxygens (including phenoxy) is 2. The monoisotopic (exact) mass is 374 g/mol. The quantitative estimate of drug-likeness (QED) is 0.418. The van der Waals surface area contributed by atoms with Crippen LogP contribution in [0.4, 0.5) is 0 Å².